The van der Waals surface area contributed by atoms with Crippen molar-refractivity contribution in [3.8, 4) is 17.2 Å². The van der Waals surface area contributed by atoms with Crippen LogP contribution >= 0.6 is 0 Å². The molecule has 0 N–H and O–H groups in total. The van der Waals surface area contributed by atoms with Crippen LogP contribution in [0.2, 0.25) is 0 Å². The van der Waals surface area contributed by atoms with E-state index in [0.717, 1.165) is 22.3 Å². The van der Waals surface area contributed by atoms with Crippen LogP contribution in [0.5, 0.6) is 0 Å². The lowest BCUT2D eigenvalue weighted by Crippen LogP contribution is -1.99. The predicted molar refractivity (Wildman–Crippen MR) is 141 cm³/mol. The van der Waals surface area contributed by atoms with Gasteiger partial charge in [0.2, 0.25) is 0 Å². The maximum atomic E-state index is 9.26. The number of benzene rings is 5. The zero-order valence-electron chi connectivity index (χ0n) is 18.7. The summed E-state index contributed by atoms with van der Waals surface area (Å²) in [7, 11) is 0. The molecule has 1 heteroatoms. The van der Waals surface area contributed by atoms with Crippen molar-refractivity contribution in [2.24, 2.45) is 0 Å². The van der Waals surface area contributed by atoms with Crippen LogP contribution in [0, 0.1) is 11.3 Å². The number of rotatable bonds is 5. The van der Waals surface area contributed by atoms with Crippen molar-refractivity contribution in [1.82, 2.24) is 0 Å². The van der Waals surface area contributed by atoms with Gasteiger partial charge < -0.3 is 0 Å². The number of nitrogens with zero attached hydrogens (tertiary/aromatic N) is 1. The molecule has 0 aromatic heterocycles. The molecule has 5 rings (SSSR count). The Labute approximate surface area is 200 Å². The Balaban J connectivity index is 1.87. The second kappa shape index (κ2) is 9.86. The van der Waals surface area contributed by atoms with Gasteiger partial charge in [-0.25, -0.2) is 0 Å². The molecule has 0 unspecified atom stereocenters. The van der Waals surface area contributed by atoms with Gasteiger partial charge in [-0.1, -0.05) is 127 Å². The summed E-state index contributed by atoms with van der Waals surface area (Å²) in [5.74, 6) is 0. The second-order valence-corrected chi connectivity index (χ2v) is 8.08. The molecule has 0 amide bonds. The lowest BCUT2D eigenvalue weighted by Gasteiger charge is -2.20. The van der Waals surface area contributed by atoms with Gasteiger partial charge in [-0.15, -0.1) is 0 Å². The first-order chi connectivity index (χ1) is 16.8. The molecule has 0 bridgehead atoms. The summed E-state index contributed by atoms with van der Waals surface area (Å²) >= 11 is 0. The molecular formula is C33H23N. The highest BCUT2D eigenvalue weighted by Gasteiger charge is 2.18. The van der Waals surface area contributed by atoms with E-state index in [1.54, 1.807) is 0 Å². The standard InChI is InChI=1S/C33H23N/c34-24-25-20-22-26(23-21-25)30-18-10-11-19-31(30)33(29-16-8-3-9-17-29)32(27-12-4-1-5-13-27)28-14-6-2-7-15-28/h1-23H. The minimum absolute atomic E-state index is 0.661. The molecule has 0 radical (unpaired) electrons. The molecular weight excluding hydrogens is 410 g/mol. The maximum Gasteiger partial charge on any atom is 0.0991 e. The first-order valence-electron chi connectivity index (χ1n) is 11.4. The fraction of sp³-hybridized carbons (Fsp3) is 0. The monoisotopic (exact) mass is 433 g/mol. The Morgan fingerprint density at radius 1 is 0.441 bits per heavy atom. The first kappa shape index (κ1) is 21.2. The minimum Gasteiger partial charge on any atom is -0.192 e. The Hall–Kier alpha value is -4.67. The van der Waals surface area contributed by atoms with Gasteiger partial charge in [0, 0.05) is 0 Å². The summed E-state index contributed by atoms with van der Waals surface area (Å²) < 4.78 is 0. The molecule has 0 heterocycles. The van der Waals surface area contributed by atoms with Crippen LogP contribution in [0.3, 0.4) is 0 Å². The Bertz CT molecular complexity index is 1420. The molecule has 0 fully saturated rings. The third-order valence-corrected chi connectivity index (χ3v) is 5.96. The molecule has 0 saturated heterocycles. The Morgan fingerprint density at radius 3 is 1.38 bits per heavy atom. The van der Waals surface area contributed by atoms with E-state index in [1.807, 2.05) is 24.3 Å². The van der Waals surface area contributed by atoms with Crippen molar-refractivity contribution in [3.63, 3.8) is 0 Å². The van der Waals surface area contributed by atoms with Gasteiger partial charge in [-0.3, -0.25) is 0 Å². The molecule has 0 aliphatic rings. The van der Waals surface area contributed by atoms with Crippen LogP contribution in [-0.2, 0) is 0 Å². The van der Waals surface area contributed by atoms with Gasteiger partial charge in [0.15, 0.2) is 0 Å². The van der Waals surface area contributed by atoms with E-state index in [1.165, 1.54) is 22.3 Å². The number of hydrogen-bond donors (Lipinski definition) is 0. The second-order valence-electron chi connectivity index (χ2n) is 8.08. The van der Waals surface area contributed by atoms with Gasteiger partial charge in [0.1, 0.15) is 0 Å². The highest BCUT2D eigenvalue weighted by Crippen LogP contribution is 2.40. The summed E-state index contributed by atoms with van der Waals surface area (Å²) in [5, 5.41) is 9.26. The van der Waals surface area contributed by atoms with Crippen LogP contribution in [0.4, 0.5) is 0 Å². The van der Waals surface area contributed by atoms with Crippen LogP contribution in [0.25, 0.3) is 22.3 Å². The zero-order valence-corrected chi connectivity index (χ0v) is 18.7. The molecule has 160 valence electrons. The van der Waals surface area contributed by atoms with E-state index in [9.17, 15) is 5.26 Å². The predicted octanol–water partition coefficient (Wildman–Crippen LogP) is 8.23. The summed E-state index contributed by atoms with van der Waals surface area (Å²) in [6.45, 7) is 0. The molecule has 1 nitrogen and oxygen atoms in total. The average Bonchev–Trinajstić information content (AvgIpc) is 2.93. The fourth-order valence-electron chi connectivity index (χ4n) is 4.38. The van der Waals surface area contributed by atoms with Crippen molar-refractivity contribution in [1.29, 1.82) is 5.26 Å². The molecule has 0 aliphatic carbocycles. The van der Waals surface area contributed by atoms with Crippen molar-refractivity contribution >= 4 is 11.1 Å². The van der Waals surface area contributed by atoms with Crippen LogP contribution < -0.4 is 0 Å². The van der Waals surface area contributed by atoms with Crippen molar-refractivity contribution in [2.45, 2.75) is 0 Å². The highest BCUT2D eigenvalue weighted by atomic mass is 14.2. The van der Waals surface area contributed by atoms with Gasteiger partial charge in [0.25, 0.3) is 0 Å². The van der Waals surface area contributed by atoms with Crippen molar-refractivity contribution in [3.05, 3.63) is 167 Å². The lowest BCUT2D eigenvalue weighted by molar-refractivity contribution is 1.47. The van der Waals surface area contributed by atoms with E-state index < -0.39 is 0 Å². The van der Waals surface area contributed by atoms with Gasteiger partial charge in [-0.05, 0) is 56.7 Å². The molecule has 0 aliphatic heterocycles. The maximum absolute atomic E-state index is 9.26. The number of nitriles is 1. The van der Waals surface area contributed by atoms with Crippen LogP contribution in [0.15, 0.2) is 140 Å². The fourth-order valence-corrected chi connectivity index (χ4v) is 4.38. The normalized spacial score (nSPS) is 10.3. The van der Waals surface area contributed by atoms with Crippen LogP contribution in [0.1, 0.15) is 27.8 Å². The number of hydrogen-bond acceptors (Lipinski definition) is 1. The Morgan fingerprint density at radius 2 is 0.882 bits per heavy atom. The largest absolute Gasteiger partial charge is 0.192 e. The first-order valence-corrected chi connectivity index (χ1v) is 11.4. The molecule has 5 aromatic carbocycles. The van der Waals surface area contributed by atoms with E-state index in [2.05, 4.69) is 121 Å². The summed E-state index contributed by atoms with van der Waals surface area (Å²) in [6.07, 6.45) is 0. The SMILES string of the molecule is N#Cc1ccc(-c2ccccc2C(=C(c2ccccc2)c2ccccc2)c2ccccc2)cc1. The lowest BCUT2D eigenvalue weighted by atomic mass is 9.83. The van der Waals surface area contributed by atoms with E-state index >= 15 is 0 Å². The molecule has 5 aromatic rings. The average molecular weight is 434 g/mol. The molecule has 34 heavy (non-hydrogen) atoms. The minimum atomic E-state index is 0.661. The highest BCUT2D eigenvalue weighted by molar-refractivity contribution is 6.07. The van der Waals surface area contributed by atoms with E-state index in [0.29, 0.717) is 5.56 Å². The zero-order chi connectivity index (χ0) is 23.2. The van der Waals surface area contributed by atoms with Crippen molar-refractivity contribution in [2.75, 3.05) is 0 Å². The van der Waals surface area contributed by atoms with E-state index in [-0.39, 0.29) is 0 Å². The quantitative estimate of drug-likeness (QED) is 0.256. The van der Waals surface area contributed by atoms with Gasteiger partial charge in [-0.2, -0.15) is 5.26 Å². The smallest absolute Gasteiger partial charge is 0.0991 e. The summed E-state index contributed by atoms with van der Waals surface area (Å²) in [6, 6.07) is 50.3. The topological polar surface area (TPSA) is 23.8 Å². The van der Waals surface area contributed by atoms with Gasteiger partial charge in [0.05, 0.1) is 11.6 Å². The molecule has 0 saturated carbocycles. The molecule has 0 spiro atoms. The van der Waals surface area contributed by atoms with Crippen LogP contribution in [-0.4, -0.2) is 0 Å². The molecule has 0 atom stereocenters. The third-order valence-electron chi connectivity index (χ3n) is 5.96. The summed E-state index contributed by atoms with van der Waals surface area (Å²) in [5.41, 5.74) is 9.90. The van der Waals surface area contributed by atoms with Crippen molar-refractivity contribution < 1.29 is 0 Å². The third kappa shape index (κ3) is 4.31. The van der Waals surface area contributed by atoms with Gasteiger partial charge >= 0.3 is 0 Å². The Kier molecular flexibility index (Phi) is 6.14. The van der Waals surface area contributed by atoms with E-state index in [4.69, 9.17) is 0 Å². The summed E-state index contributed by atoms with van der Waals surface area (Å²) in [4.78, 5) is 0.